The van der Waals surface area contributed by atoms with Crippen LogP contribution in [0.3, 0.4) is 0 Å². The molecule has 0 bridgehead atoms. The molecule has 0 aliphatic rings. The number of anilines is 1. The van der Waals surface area contributed by atoms with Gasteiger partial charge in [0.25, 0.3) is 5.91 Å². The van der Waals surface area contributed by atoms with Gasteiger partial charge in [-0.2, -0.15) is 0 Å². The van der Waals surface area contributed by atoms with Crippen LogP contribution in [0.1, 0.15) is 38.8 Å². The van der Waals surface area contributed by atoms with E-state index in [2.05, 4.69) is 36.5 Å². The van der Waals surface area contributed by atoms with Gasteiger partial charge in [-0.25, -0.2) is 9.98 Å². The molecule has 180 valence electrons. The van der Waals surface area contributed by atoms with Crippen molar-refractivity contribution < 1.29 is 9.21 Å². The maximum absolute atomic E-state index is 13.5. The fourth-order valence-corrected chi connectivity index (χ4v) is 4.89. The Balaban J connectivity index is 1.54. The normalized spacial score (nSPS) is 11.7. The van der Waals surface area contributed by atoms with Gasteiger partial charge in [0.2, 0.25) is 5.55 Å². The van der Waals surface area contributed by atoms with Crippen LogP contribution >= 0.6 is 11.3 Å². The fraction of sp³-hybridized carbons (Fsp3) is 0.167. The van der Waals surface area contributed by atoms with E-state index in [-0.39, 0.29) is 11.5 Å². The number of aromatic nitrogens is 1. The molecule has 0 radical (unpaired) electrons. The molecule has 0 saturated heterocycles. The van der Waals surface area contributed by atoms with E-state index in [1.165, 1.54) is 16.9 Å². The molecular weight excluding hydrogens is 466 g/mol. The van der Waals surface area contributed by atoms with Gasteiger partial charge in [0.15, 0.2) is 5.13 Å². The minimum atomic E-state index is -0.310. The van der Waals surface area contributed by atoms with E-state index in [9.17, 15) is 4.79 Å². The van der Waals surface area contributed by atoms with E-state index < -0.39 is 0 Å². The number of nitrogens with zero attached hydrogens (tertiary/aromatic N) is 2. The molecule has 0 fully saturated rings. The van der Waals surface area contributed by atoms with E-state index >= 15 is 0 Å². The highest BCUT2D eigenvalue weighted by molar-refractivity contribution is 7.16. The lowest BCUT2D eigenvalue weighted by Crippen LogP contribution is -2.21. The summed E-state index contributed by atoms with van der Waals surface area (Å²) in [6, 6.07) is 23.7. The van der Waals surface area contributed by atoms with Gasteiger partial charge in [-0.05, 0) is 62.1 Å². The van der Waals surface area contributed by atoms with Crippen LogP contribution in [0.4, 0.5) is 10.8 Å². The molecule has 1 N–H and O–H groups in total. The molecule has 0 saturated carbocycles. The van der Waals surface area contributed by atoms with E-state index in [1.54, 1.807) is 0 Å². The number of carbonyl (C=O) groups is 1. The predicted octanol–water partition coefficient (Wildman–Crippen LogP) is 7.53. The van der Waals surface area contributed by atoms with Crippen LogP contribution in [-0.2, 0) is 6.42 Å². The third kappa shape index (κ3) is 4.72. The Bertz CT molecular complexity index is 1650. The Hall–Kier alpha value is -4.03. The molecule has 0 aliphatic heterocycles. The summed E-state index contributed by atoms with van der Waals surface area (Å²) >= 11 is 1.46. The van der Waals surface area contributed by atoms with Gasteiger partial charge in [0, 0.05) is 15.8 Å². The SMILES string of the molecule is CCc1ccc(-c2nc(NC(=O)c3cc4ccccc4oc3=Nc3cccc(C)c3C)sc2C)cc1. The van der Waals surface area contributed by atoms with E-state index in [1.807, 2.05) is 69.3 Å². The number of nitrogens with one attached hydrogen (secondary N) is 1. The smallest absolute Gasteiger partial charge is 0.262 e. The number of thiazole rings is 1. The van der Waals surface area contributed by atoms with Crippen molar-refractivity contribution in [3.63, 3.8) is 0 Å². The third-order valence-corrected chi connectivity index (χ3v) is 7.24. The molecule has 2 aromatic heterocycles. The number of para-hydroxylation sites is 1. The highest BCUT2D eigenvalue weighted by atomic mass is 32.1. The van der Waals surface area contributed by atoms with Crippen LogP contribution in [0.25, 0.3) is 22.2 Å². The fourth-order valence-electron chi connectivity index (χ4n) is 4.06. The molecule has 6 heteroatoms. The van der Waals surface area contributed by atoms with Gasteiger partial charge < -0.3 is 4.42 Å². The molecule has 5 rings (SSSR count). The lowest BCUT2D eigenvalue weighted by Gasteiger charge is -2.07. The molecule has 2 heterocycles. The van der Waals surface area contributed by atoms with Crippen molar-refractivity contribution in [2.45, 2.75) is 34.1 Å². The van der Waals surface area contributed by atoms with E-state index in [0.717, 1.165) is 44.8 Å². The topological polar surface area (TPSA) is 67.5 Å². The van der Waals surface area contributed by atoms with Crippen LogP contribution in [-0.4, -0.2) is 10.9 Å². The van der Waals surface area contributed by atoms with Crippen molar-refractivity contribution in [1.82, 2.24) is 4.98 Å². The highest BCUT2D eigenvalue weighted by Crippen LogP contribution is 2.31. The van der Waals surface area contributed by atoms with Gasteiger partial charge >= 0.3 is 0 Å². The molecular formula is C30H27N3O2S. The van der Waals surface area contributed by atoms with Gasteiger partial charge in [-0.1, -0.05) is 61.5 Å². The largest absolute Gasteiger partial charge is 0.438 e. The average Bonchev–Trinajstić information content (AvgIpc) is 3.26. The molecule has 1 amide bonds. The first-order valence-corrected chi connectivity index (χ1v) is 12.8. The molecule has 3 aromatic carbocycles. The van der Waals surface area contributed by atoms with Gasteiger partial charge in [-0.3, -0.25) is 10.1 Å². The van der Waals surface area contributed by atoms with E-state index in [0.29, 0.717) is 16.3 Å². The molecule has 0 atom stereocenters. The van der Waals surface area contributed by atoms with Crippen LogP contribution in [0.2, 0.25) is 0 Å². The maximum Gasteiger partial charge on any atom is 0.262 e. The molecule has 5 aromatic rings. The number of fused-ring (bicyclic) bond motifs is 1. The Morgan fingerprint density at radius 2 is 1.78 bits per heavy atom. The monoisotopic (exact) mass is 493 g/mol. The Labute approximate surface area is 214 Å². The molecule has 36 heavy (non-hydrogen) atoms. The van der Waals surface area contributed by atoms with Crippen LogP contribution < -0.4 is 10.9 Å². The number of hydrogen-bond acceptors (Lipinski definition) is 5. The Kier molecular flexibility index (Phi) is 6.53. The number of rotatable bonds is 5. The molecule has 0 spiro atoms. The van der Waals surface area contributed by atoms with Gasteiger partial charge in [-0.15, -0.1) is 11.3 Å². The van der Waals surface area contributed by atoms with Crippen LogP contribution in [0, 0.1) is 20.8 Å². The van der Waals surface area contributed by atoms with Gasteiger partial charge in [0.1, 0.15) is 11.1 Å². The summed E-state index contributed by atoms with van der Waals surface area (Å²) in [7, 11) is 0. The zero-order valence-corrected chi connectivity index (χ0v) is 21.6. The van der Waals surface area contributed by atoms with Crippen molar-refractivity contribution in [1.29, 1.82) is 0 Å². The molecule has 0 unspecified atom stereocenters. The quantitative estimate of drug-likeness (QED) is 0.275. The number of carbonyl (C=O) groups excluding carboxylic acids is 1. The summed E-state index contributed by atoms with van der Waals surface area (Å²) in [6.07, 6.45) is 0.990. The number of hydrogen-bond donors (Lipinski definition) is 1. The van der Waals surface area contributed by atoms with Crippen LogP contribution in [0.15, 0.2) is 82.2 Å². The molecule has 5 nitrogen and oxygen atoms in total. The minimum Gasteiger partial charge on any atom is -0.438 e. The summed E-state index contributed by atoms with van der Waals surface area (Å²) in [6.45, 7) is 8.21. The Morgan fingerprint density at radius 1 is 1.00 bits per heavy atom. The standard InChI is InChI=1S/C30H27N3O2S/c1-5-21-13-15-22(16-14-21)27-20(4)36-30(32-27)33-28(34)24-17-23-10-6-7-12-26(23)35-29(24)31-25-11-8-9-18(2)19(25)3/h6-17H,5H2,1-4H3,(H,32,33,34). The zero-order valence-electron chi connectivity index (χ0n) is 20.8. The van der Waals surface area contributed by atoms with Crippen molar-refractivity contribution in [2.24, 2.45) is 4.99 Å². The first-order valence-electron chi connectivity index (χ1n) is 11.9. The number of aryl methyl sites for hydroxylation is 3. The summed E-state index contributed by atoms with van der Waals surface area (Å²) in [4.78, 5) is 24.0. The predicted molar refractivity (Wildman–Crippen MR) is 147 cm³/mol. The second kappa shape index (κ2) is 9.91. The maximum atomic E-state index is 13.5. The van der Waals surface area contributed by atoms with Crippen molar-refractivity contribution in [3.05, 3.63) is 105 Å². The second-order valence-corrected chi connectivity index (χ2v) is 9.97. The molecule has 0 aliphatic carbocycles. The minimum absolute atomic E-state index is 0.267. The van der Waals surface area contributed by atoms with Gasteiger partial charge in [0.05, 0.1) is 11.4 Å². The average molecular weight is 494 g/mol. The first kappa shape index (κ1) is 23.7. The van der Waals surface area contributed by atoms with E-state index in [4.69, 9.17) is 14.4 Å². The van der Waals surface area contributed by atoms with Crippen molar-refractivity contribution >= 4 is 39.0 Å². The van der Waals surface area contributed by atoms with Crippen LogP contribution in [0.5, 0.6) is 0 Å². The first-order chi connectivity index (χ1) is 17.4. The van der Waals surface area contributed by atoms with Crippen molar-refractivity contribution in [2.75, 3.05) is 5.32 Å². The lowest BCUT2D eigenvalue weighted by atomic mass is 10.1. The number of benzene rings is 3. The second-order valence-electron chi connectivity index (χ2n) is 8.76. The lowest BCUT2D eigenvalue weighted by molar-refractivity contribution is 0.102. The highest BCUT2D eigenvalue weighted by Gasteiger charge is 2.17. The summed E-state index contributed by atoms with van der Waals surface area (Å²) in [5.74, 6) is -0.310. The summed E-state index contributed by atoms with van der Waals surface area (Å²) in [5.41, 5.74) is 7.42. The third-order valence-electron chi connectivity index (χ3n) is 6.35. The Morgan fingerprint density at radius 3 is 2.56 bits per heavy atom. The zero-order chi connectivity index (χ0) is 25.2. The summed E-state index contributed by atoms with van der Waals surface area (Å²) < 4.78 is 6.13. The number of amides is 1. The summed E-state index contributed by atoms with van der Waals surface area (Å²) in [5, 5.41) is 4.35. The van der Waals surface area contributed by atoms with Crippen molar-refractivity contribution in [3.8, 4) is 11.3 Å².